The van der Waals surface area contributed by atoms with Crippen LogP contribution in [0.5, 0.6) is 11.5 Å². The molecule has 0 radical (unpaired) electrons. The summed E-state index contributed by atoms with van der Waals surface area (Å²) in [7, 11) is 0. The predicted molar refractivity (Wildman–Crippen MR) is 152 cm³/mol. The number of carbonyl (C=O) groups is 3. The Bertz CT molecular complexity index is 1690. The number of carbonyl (C=O) groups excluding carboxylic acids is 3. The number of alkyl halides is 1. The van der Waals surface area contributed by atoms with Crippen molar-refractivity contribution in [1.29, 1.82) is 0 Å². The summed E-state index contributed by atoms with van der Waals surface area (Å²) in [6, 6.07) is 16.0. The Kier molecular flexibility index (Phi) is 6.32. The monoisotopic (exact) mass is 557 g/mol. The number of hydrogen-bond acceptors (Lipinski definition) is 7. The maximum absolute atomic E-state index is 14.9. The van der Waals surface area contributed by atoms with Gasteiger partial charge in [0.15, 0.2) is 5.78 Å². The largest absolute Gasteiger partial charge is 0.457 e. The van der Waals surface area contributed by atoms with E-state index in [4.69, 9.17) is 4.74 Å². The van der Waals surface area contributed by atoms with E-state index >= 15 is 0 Å². The van der Waals surface area contributed by atoms with Crippen molar-refractivity contribution in [2.75, 3.05) is 23.3 Å². The Hall–Kier alpha value is -4.61. The van der Waals surface area contributed by atoms with E-state index in [1.807, 2.05) is 43.3 Å². The van der Waals surface area contributed by atoms with Crippen LogP contribution in [-0.4, -0.2) is 47.5 Å². The lowest BCUT2D eigenvalue weighted by molar-refractivity contribution is -0.121. The molecule has 4 heterocycles. The molecule has 6 rings (SSSR count). The number of benzene rings is 2. The third-order valence-corrected chi connectivity index (χ3v) is 8.16. The number of aryl methyl sites for hydroxylation is 1. The second kappa shape index (κ2) is 9.85. The first kappa shape index (κ1) is 25.7. The summed E-state index contributed by atoms with van der Waals surface area (Å²) in [5.74, 6) is 0.00426. The SMILES string of the molecule is C=CC(=O)[C@@]1(NC(=O)c2sc3nccc4c3c2NC(=O)N4c2ccc(Oc3ccccc3)cc2C)CNC[C@@H]1F. The lowest BCUT2D eigenvalue weighted by Gasteiger charge is -2.30. The molecule has 0 aliphatic carbocycles. The summed E-state index contributed by atoms with van der Waals surface area (Å²) in [6.45, 7) is 5.19. The highest BCUT2D eigenvalue weighted by molar-refractivity contribution is 7.21. The number of urea groups is 1. The number of nitrogens with zero attached hydrogens (tertiary/aromatic N) is 2. The fourth-order valence-corrected chi connectivity index (χ4v) is 6.11. The summed E-state index contributed by atoms with van der Waals surface area (Å²) in [5, 5.41) is 8.80. The lowest BCUT2D eigenvalue weighted by atomic mass is 9.91. The molecule has 202 valence electrons. The molecule has 1 saturated heterocycles. The highest BCUT2D eigenvalue weighted by Gasteiger charge is 2.50. The third kappa shape index (κ3) is 4.10. The number of para-hydroxylation sites is 1. The molecule has 0 saturated carbocycles. The average Bonchev–Trinajstić information content (AvgIpc) is 3.51. The molecule has 0 unspecified atom stereocenters. The van der Waals surface area contributed by atoms with Crippen molar-refractivity contribution < 1.29 is 23.5 Å². The Labute approximate surface area is 232 Å². The van der Waals surface area contributed by atoms with Crippen LogP contribution in [0.1, 0.15) is 15.2 Å². The van der Waals surface area contributed by atoms with Crippen LogP contribution in [-0.2, 0) is 4.79 Å². The van der Waals surface area contributed by atoms with Gasteiger partial charge in [-0.1, -0.05) is 24.8 Å². The first-order chi connectivity index (χ1) is 19.3. The first-order valence-corrected chi connectivity index (χ1v) is 13.3. The number of halogens is 1. The maximum atomic E-state index is 14.9. The molecule has 3 amide bonds. The third-order valence-electron chi connectivity index (χ3n) is 7.06. The number of thiophene rings is 1. The van der Waals surface area contributed by atoms with Gasteiger partial charge in [0.2, 0.25) is 0 Å². The molecule has 2 aromatic carbocycles. The zero-order valence-electron chi connectivity index (χ0n) is 21.4. The highest BCUT2D eigenvalue weighted by Crippen LogP contribution is 2.46. The zero-order chi connectivity index (χ0) is 28.0. The number of anilines is 3. The van der Waals surface area contributed by atoms with E-state index in [-0.39, 0.29) is 23.7 Å². The van der Waals surface area contributed by atoms with E-state index in [2.05, 4.69) is 27.5 Å². The minimum Gasteiger partial charge on any atom is -0.457 e. The van der Waals surface area contributed by atoms with Gasteiger partial charge in [0, 0.05) is 19.3 Å². The normalized spacial score (nSPS) is 19.8. The fourth-order valence-electron chi connectivity index (χ4n) is 5.10. The summed E-state index contributed by atoms with van der Waals surface area (Å²) in [4.78, 5) is 46.2. The molecule has 40 heavy (non-hydrogen) atoms. The van der Waals surface area contributed by atoms with Crippen LogP contribution in [0.15, 0.2) is 73.4 Å². The van der Waals surface area contributed by atoms with Crippen molar-refractivity contribution in [3.8, 4) is 11.5 Å². The van der Waals surface area contributed by atoms with Gasteiger partial charge in [0.1, 0.15) is 32.9 Å². The van der Waals surface area contributed by atoms with Gasteiger partial charge < -0.3 is 20.7 Å². The summed E-state index contributed by atoms with van der Waals surface area (Å²) < 4.78 is 20.8. The Balaban J connectivity index is 1.36. The van der Waals surface area contributed by atoms with Crippen molar-refractivity contribution in [2.45, 2.75) is 18.6 Å². The van der Waals surface area contributed by atoms with Crippen molar-refractivity contribution in [1.82, 2.24) is 15.6 Å². The van der Waals surface area contributed by atoms with Crippen molar-refractivity contribution in [3.63, 3.8) is 0 Å². The van der Waals surface area contributed by atoms with Crippen LogP contribution in [0.4, 0.5) is 26.2 Å². The number of pyridine rings is 1. The van der Waals surface area contributed by atoms with Crippen LogP contribution in [0.3, 0.4) is 0 Å². The van der Waals surface area contributed by atoms with Crippen LogP contribution < -0.4 is 25.6 Å². The lowest BCUT2D eigenvalue weighted by Crippen LogP contribution is -2.60. The Morgan fingerprint density at radius 2 is 2.00 bits per heavy atom. The molecule has 9 nitrogen and oxygen atoms in total. The van der Waals surface area contributed by atoms with Crippen LogP contribution in [0, 0.1) is 6.92 Å². The van der Waals surface area contributed by atoms with Crippen molar-refractivity contribution in [3.05, 3.63) is 83.9 Å². The topological polar surface area (TPSA) is 113 Å². The van der Waals surface area contributed by atoms with Crippen LogP contribution in [0.2, 0.25) is 0 Å². The number of hydrogen-bond donors (Lipinski definition) is 3. The van der Waals surface area contributed by atoms with E-state index in [1.54, 1.807) is 24.4 Å². The second-order valence-corrected chi connectivity index (χ2v) is 10.5. The van der Waals surface area contributed by atoms with Gasteiger partial charge >= 0.3 is 6.03 Å². The number of nitrogens with one attached hydrogen (secondary N) is 3. The molecule has 3 N–H and O–H groups in total. The quantitative estimate of drug-likeness (QED) is 0.268. The van der Waals surface area contributed by atoms with Crippen molar-refractivity contribution in [2.24, 2.45) is 0 Å². The molecule has 2 aliphatic rings. The number of aromatic nitrogens is 1. The standard InChI is InChI=1S/C29H24FN5O4S/c1-3-22(36)29(15-31-14-21(29)30)34-26(37)25-24-23-20(11-12-32-27(23)40-25)35(28(38)33-24)19-10-9-18(13-16(19)2)39-17-7-5-4-6-8-17/h3-13,21,31H,1,14-15H2,2H3,(H,33,38)(H,34,37)/t21-,29+/m0/s1. The van der Waals surface area contributed by atoms with Gasteiger partial charge in [0.25, 0.3) is 5.91 Å². The molecule has 0 spiro atoms. The number of ketones is 1. The second-order valence-electron chi connectivity index (χ2n) is 9.54. The molecule has 2 atom stereocenters. The van der Waals surface area contributed by atoms with Gasteiger partial charge in [0.05, 0.1) is 22.4 Å². The van der Waals surface area contributed by atoms with Gasteiger partial charge in [-0.2, -0.15) is 0 Å². The summed E-state index contributed by atoms with van der Waals surface area (Å²) >= 11 is 1.06. The van der Waals surface area contributed by atoms with Gasteiger partial charge in [-0.25, -0.2) is 14.2 Å². The number of amides is 3. The summed E-state index contributed by atoms with van der Waals surface area (Å²) in [6.07, 6.45) is 0.935. The Morgan fingerprint density at radius 3 is 2.70 bits per heavy atom. The Morgan fingerprint density at radius 1 is 1.20 bits per heavy atom. The summed E-state index contributed by atoms with van der Waals surface area (Å²) in [5.41, 5.74) is 0.454. The van der Waals surface area contributed by atoms with E-state index in [0.717, 1.165) is 23.0 Å². The molecular weight excluding hydrogens is 533 g/mol. The molecule has 11 heteroatoms. The molecule has 4 aromatic rings. The minimum atomic E-state index is -1.77. The average molecular weight is 558 g/mol. The number of rotatable bonds is 7. The predicted octanol–water partition coefficient (Wildman–Crippen LogP) is 5.25. The van der Waals surface area contributed by atoms with E-state index < -0.39 is 29.4 Å². The van der Waals surface area contributed by atoms with E-state index in [0.29, 0.717) is 33.1 Å². The molecule has 2 aliphatic heterocycles. The van der Waals surface area contributed by atoms with Crippen LogP contribution in [0.25, 0.3) is 10.2 Å². The van der Waals surface area contributed by atoms with Gasteiger partial charge in [-0.3, -0.25) is 14.5 Å². The highest BCUT2D eigenvalue weighted by atomic mass is 32.1. The zero-order valence-corrected chi connectivity index (χ0v) is 22.2. The maximum Gasteiger partial charge on any atom is 0.331 e. The number of ether oxygens (including phenoxy) is 1. The van der Waals surface area contributed by atoms with Gasteiger partial charge in [-0.05, 0) is 55.0 Å². The van der Waals surface area contributed by atoms with E-state index in [9.17, 15) is 18.8 Å². The molecular formula is C29H24FN5O4S. The van der Waals surface area contributed by atoms with Gasteiger partial charge in [-0.15, -0.1) is 11.3 Å². The molecule has 0 bridgehead atoms. The fraction of sp³-hybridized carbons (Fsp3) is 0.172. The first-order valence-electron chi connectivity index (χ1n) is 12.5. The minimum absolute atomic E-state index is 0.0715. The van der Waals surface area contributed by atoms with Crippen LogP contribution >= 0.6 is 11.3 Å². The van der Waals surface area contributed by atoms with E-state index in [1.165, 1.54) is 4.90 Å². The molecule has 2 aromatic heterocycles. The van der Waals surface area contributed by atoms with Crippen molar-refractivity contribution >= 4 is 56.3 Å². The molecule has 1 fully saturated rings. The smallest absolute Gasteiger partial charge is 0.331 e.